The number of hydrogen-bond acceptors (Lipinski definition) is 0. The Morgan fingerprint density at radius 2 is 1.10 bits per heavy atom. The molecule has 0 atom stereocenters. The van der Waals surface area contributed by atoms with Gasteiger partial charge in [-0.25, -0.2) is 0 Å². The summed E-state index contributed by atoms with van der Waals surface area (Å²) in [5.41, 5.74) is 2.78. The summed E-state index contributed by atoms with van der Waals surface area (Å²) in [6, 6.07) is 9.06. The third-order valence-corrected chi connectivity index (χ3v) is 5.27. The van der Waals surface area contributed by atoms with Crippen LogP contribution in [-0.4, -0.2) is 0 Å². The van der Waals surface area contributed by atoms with Gasteiger partial charge in [-0.3, -0.25) is 0 Å². The Morgan fingerprint density at radius 3 is 1.52 bits per heavy atom. The number of rotatable bonds is 2. The summed E-state index contributed by atoms with van der Waals surface area (Å²) in [7, 11) is 0. The van der Waals surface area contributed by atoms with Crippen molar-refractivity contribution in [1.29, 1.82) is 0 Å². The lowest BCUT2D eigenvalue weighted by molar-refractivity contribution is 0.501. The molecule has 0 nitrogen and oxygen atoms in total. The highest BCUT2D eigenvalue weighted by atomic mass is 35.5. The molecule has 21 heavy (non-hydrogen) atoms. The first-order valence-electron chi connectivity index (χ1n) is 9.05. The highest BCUT2D eigenvalue weighted by Crippen LogP contribution is 2.29. The van der Waals surface area contributed by atoms with Crippen LogP contribution in [0.2, 0.25) is 0 Å². The second-order valence-electron chi connectivity index (χ2n) is 6.69. The molecule has 2 rings (SSSR count). The summed E-state index contributed by atoms with van der Waals surface area (Å²) >= 11 is 5.90. The molecule has 0 radical (unpaired) electrons. The number of halogens is 1. The smallest absolute Gasteiger partial charge is 0.0474 e. The zero-order valence-corrected chi connectivity index (χ0v) is 14.2. The van der Waals surface area contributed by atoms with Crippen molar-refractivity contribution in [1.82, 2.24) is 0 Å². The van der Waals surface area contributed by atoms with E-state index in [9.17, 15) is 0 Å². The lowest BCUT2D eigenvalue weighted by Gasteiger charge is -2.18. The predicted molar refractivity (Wildman–Crippen MR) is 94.1 cm³/mol. The van der Waals surface area contributed by atoms with E-state index in [1.165, 1.54) is 82.6 Å². The molecular formula is C20H31Cl. The van der Waals surface area contributed by atoms with E-state index >= 15 is 0 Å². The quantitative estimate of drug-likeness (QED) is 0.507. The maximum Gasteiger partial charge on any atom is 0.0474 e. The molecule has 0 N–H and O–H groups in total. The highest BCUT2D eigenvalue weighted by Gasteiger charge is 2.11. The van der Waals surface area contributed by atoms with Crippen LogP contribution in [0.4, 0.5) is 0 Å². The SMILES string of the molecule is ClCc1ccc(C2CCCCCCCCCCCC2)cc1. The summed E-state index contributed by atoms with van der Waals surface area (Å²) in [5, 5.41) is 0. The van der Waals surface area contributed by atoms with Crippen LogP contribution in [0.15, 0.2) is 24.3 Å². The molecule has 0 saturated heterocycles. The molecule has 0 aromatic heterocycles. The maximum atomic E-state index is 5.90. The lowest BCUT2D eigenvalue weighted by Crippen LogP contribution is -2.00. The van der Waals surface area contributed by atoms with Crippen molar-refractivity contribution in [2.45, 2.75) is 88.8 Å². The standard InChI is InChI=1S/C20H31Cl/c21-17-18-13-15-20(16-14-18)19-11-9-7-5-3-1-2-4-6-8-10-12-19/h13-16,19H,1-12,17H2. The largest absolute Gasteiger partial charge is 0.122 e. The van der Waals surface area contributed by atoms with Crippen molar-refractivity contribution in [3.8, 4) is 0 Å². The van der Waals surface area contributed by atoms with Gasteiger partial charge in [0.05, 0.1) is 0 Å². The highest BCUT2D eigenvalue weighted by molar-refractivity contribution is 6.17. The van der Waals surface area contributed by atoms with Crippen molar-refractivity contribution in [2.24, 2.45) is 0 Å². The molecular weight excluding hydrogens is 276 g/mol. The van der Waals surface area contributed by atoms with Crippen LogP contribution in [0.3, 0.4) is 0 Å². The number of alkyl halides is 1. The zero-order chi connectivity index (χ0) is 14.8. The molecule has 1 aromatic carbocycles. The fraction of sp³-hybridized carbons (Fsp3) is 0.700. The first-order valence-corrected chi connectivity index (χ1v) is 9.58. The van der Waals surface area contributed by atoms with Crippen LogP contribution in [-0.2, 0) is 5.88 Å². The third-order valence-electron chi connectivity index (χ3n) is 4.96. The second-order valence-corrected chi connectivity index (χ2v) is 6.95. The van der Waals surface area contributed by atoms with Crippen LogP contribution in [0.1, 0.15) is 94.1 Å². The first kappa shape index (κ1) is 16.9. The van der Waals surface area contributed by atoms with Crippen LogP contribution in [0, 0.1) is 0 Å². The van der Waals surface area contributed by atoms with Crippen LogP contribution in [0.25, 0.3) is 0 Å². The average molecular weight is 307 g/mol. The maximum absolute atomic E-state index is 5.90. The minimum atomic E-state index is 0.630. The van der Waals surface area contributed by atoms with E-state index in [1.807, 2.05) is 0 Å². The summed E-state index contributed by atoms with van der Waals surface area (Å²) in [6.07, 6.45) is 17.1. The van der Waals surface area contributed by atoms with Gasteiger partial charge in [0.15, 0.2) is 0 Å². The number of hydrogen-bond donors (Lipinski definition) is 0. The minimum Gasteiger partial charge on any atom is -0.122 e. The van der Waals surface area contributed by atoms with Gasteiger partial charge in [0.25, 0.3) is 0 Å². The van der Waals surface area contributed by atoms with E-state index in [2.05, 4.69) is 24.3 Å². The van der Waals surface area contributed by atoms with Crippen LogP contribution in [0.5, 0.6) is 0 Å². The first-order chi connectivity index (χ1) is 10.4. The Balaban J connectivity index is 1.92. The molecule has 0 heterocycles. The Hall–Kier alpha value is -0.490. The Morgan fingerprint density at radius 1 is 0.667 bits per heavy atom. The van der Waals surface area contributed by atoms with E-state index in [0.29, 0.717) is 5.88 Å². The van der Waals surface area contributed by atoms with Crippen molar-refractivity contribution in [2.75, 3.05) is 0 Å². The van der Waals surface area contributed by atoms with Crippen molar-refractivity contribution in [3.05, 3.63) is 35.4 Å². The summed E-state index contributed by atoms with van der Waals surface area (Å²) in [4.78, 5) is 0. The molecule has 118 valence electrons. The second kappa shape index (κ2) is 10.3. The lowest BCUT2D eigenvalue weighted by atomic mass is 9.88. The van der Waals surface area contributed by atoms with Gasteiger partial charge >= 0.3 is 0 Å². The van der Waals surface area contributed by atoms with Crippen molar-refractivity contribution < 1.29 is 0 Å². The van der Waals surface area contributed by atoms with Gasteiger partial charge in [-0.05, 0) is 29.9 Å². The Labute approximate surface area is 136 Å². The van der Waals surface area contributed by atoms with E-state index < -0.39 is 0 Å². The van der Waals surface area contributed by atoms with Gasteiger partial charge < -0.3 is 0 Å². The third kappa shape index (κ3) is 6.43. The molecule has 1 saturated carbocycles. The van der Waals surface area contributed by atoms with E-state index in [0.717, 1.165) is 5.92 Å². The predicted octanol–water partition coefficient (Wildman–Crippen LogP) is 7.20. The molecule has 1 heteroatoms. The number of benzene rings is 1. The van der Waals surface area contributed by atoms with Crippen molar-refractivity contribution in [3.63, 3.8) is 0 Å². The van der Waals surface area contributed by atoms with Gasteiger partial charge in [-0.15, -0.1) is 11.6 Å². The monoisotopic (exact) mass is 306 g/mol. The average Bonchev–Trinajstić information content (AvgIpc) is 2.56. The summed E-state index contributed by atoms with van der Waals surface area (Å²) < 4.78 is 0. The van der Waals surface area contributed by atoms with E-state index in [4.69, 9.17) is 11.6 Å². The van der Waals surface area contributed by atoms with Gasteiger partial charge in [0, 0.05) is 5.88 Å². The Kier molecular flexibility index (Phi) is 8.25. The molecule has 0 aliphatic heterocycles. The van der Waals surface area contributed by atoms with E-state index in [-0.39, 0.29) is 0 Å². The summed E-state index contributed by atoms with van der Waals surface area (Å²) in [5.74, 6) is 1.40. The van der Waals surface area contributed by atoms with Crippen LogP contribution >= 0.6 is 11.6 Å². The molecule has 1 aromatic rings. The Bertz CT molecular complexity index is 354. The molecule has 0 unspecified atom stereocenters. The van der Waals surface area contributed by atoms with Crippen LogP contribution < -0.4 is 0 Å². The zero-order valence-electron chi connectivity index (χ0n) is 13.5. The molecule has 0 amide bonds. The molecule has 1 aliphatic carbocycles. The fourth-order valence-corrected chi connectivity index (χ4v) is 3.73. The van der Waals surface area contributed by atoms with Gasteiger partial charge in [-0.1, -0.05) is 88.5 Å². The minimum absolute atomic E-state index is 0.630. The van der Waals surface area contributed by atoms with E-state index in [1.54, 1.807) is 5.56 Å². The van der Waals surface area contributed by atoms with Gasteiger partial charge in [-0.2, -0.15) is 0 Å². The van der Waals surface area contributed by atoms with Crippen molar-refractivity contribution >= 4 is 11.6 Å². The molecule has 0 bridgehead atoms. The van der Waals surface area contributed by atoms with Gasteiger partial charge in [0.2, 0.25) is 0 Å². The van der Waals surface area contributed by atoms with Gasteiger partial charge in [0.1, 0.15) is 0 Å². The molecule has 1 aliphatic rings. The fourth-order valence-electron chi connectivity index (χ4n) is 3.55. The normalized spacial score (nSPS) is 20.2. The molecule has 1 fully saturated rings. The summed E-state index contributed by atoms with van der Waals surface area (Å²) in [6.45, 7) is 0. The molecule has 0 spiro atoms. The topological polar surface area (TPSA) is 0 Å².